The second kappa shape index (κ2) is 10.6. The van der Waals surface area contributed by atoms with Crippen LogP contribution in [0.1, 0.15) is 31.2 Å². The zero-order chi connectivity index (χ0) is 20.5. The van der Waals surface area contributed by atoms with Gasteiger partial charge in [-0.1, -0.05) is 48.5 Å². The normalized spacial score (nSPS) is 15.4. The summed E-state index contributed by atoms with van der Waals surface area (Å²) in [6, 6.07) is 18.5. The minimum absolute atomic E-state index is 0.00649. The lowest BCUT2D eigenvalue weighted by molar-refractivity contribution is -0.132. The minimum atomic E-state index is -3.32. The zero-order valence-corrected chi connectivity index (χ0v) is 17.5. The van der Waals surface area contributed by atoms with Gasteiger partial charge >= 0.3 is 0 Å². The van der Waals surface area contributed by atoms with Gasteiger partial charge in [0.05, 0.1) is 17.3 Å². The fourth-order valence-electron chi connectivity index (χ4n) is 3.58. The van der Waals surface area contributed by atoms with E-state index in [1.54, 1.807) is 30.3 Å². The lowest BCUT2D eigenvalue weighted by Crippen LogP contribution is -2.39. The highest BCUT2D eigenvalue weighted by atomic mass is 32.2. The van der Waals surface area contributed by atoms with E-state index in [0.29, 0.717) is 30.4 Å². The lowest BCUT2D eigenvalue weighted by atomic mass is 9.97. The monoisotopic (exact) mass is 415 g/mol. The van der Waals surface area contributed by atoms with E-state index in [-0.39, 0.29) is 18.1 Å². The molecule has 1 amide bonds. The van der Waals surface area contributed by atoms with Crippen molar-refractivity contribution in [1.29, 1.82) is 0 Å². The molecular weight excluding hydrogens is 386 g/mol. The van der Waals surface area contributed by atoms with Crippen LogP contribution in [-0.2, 0) is 26.0 Å². The molecule has 0 aliphatic carbocycles. The topological polar surface area (TPSA) is 63.7 Å². The molecule has 0 radical (unpaired) electrons. The first-order valence-electron chi connectivity index (χ1n) is 10.2. The second-order valence-electron chi connectivity index (χ2n) is 7.56. The molecule has 0 atom stereocenters. The van der Waals surface area contributed by atoms with Crippen molar-refractivity contribution in [3.8, 4) is 0 Å². The van der Waals surface area contributed by atoms with E-state index in [4.69, 9.17) is 4.74 Å². The van der Waals surface area contributed by atoms with Gasteiger partial charge in [-0.2, -0.15) is 0 Å². The third kappa shape index (κ3) is 6.68. The smallest absolute Gasteiger partial charge is 0.222 e. The average molecular weight is 416 g/mol. The van der Waals surface area contributed by atoms with Crippen LogP contribution in [0.4, 0.5) is 0 Å². The number of rotatable bonds is 9. The third-order valence-corrected chi connectivity index (χ3v) is 7.15. The fourth-order valence-corrected chi connectivity index (χ4v) is 4.92. The number of sulfone groups is 1. The summed E-state index contributed by atoms with van der Waals surface area (Å²) in [6.45, 7) is 2.79. The lowest BCUT2D eigenvalue weighted by Gasteiger charge is -2.32. The predicted octanol–water partition coefficient (Wildman–Crippen LogP) is 3.70. The summed E-state index contributed by atoms with van der Waals surface area (Å²) < 4.78 is 30.4. The number of hydrogen-bond acceptors (Lipinski definition) is 4. The van der Waals surface area contributed by atoms with Crippen molar-refractivity contribution in [3.63, 3.8) is 0 Å². The van der Waals surface area contributed by atoms with Crippen molar-refractivity contribution in [2.75, 3.05) is 25.4 Å². The van der Waals surface area contributed by atoms with Crippen LogP contribution in [-0.4, -0.2) is 44.7 Å². The van der Waals surface area contributed by atoms with Gasteiger partial charge in [0, 0.05) is 26.1 Å². The van der Waals surface area contributed by atoms with Crippen LogP contribution in [0.25, 0.3) is 0 Å². The van der Waals surface area contributed by atoms with E-state index < -0.39 is 9.84 Å². The first-order valence-corrected chi connectivity index (χ1v) is 11.9. The second-order valence-corrected chi connectivity index (χ2v) is 9.67. The van der Waals surface area contributed by atoms with Gasteiger partial charge in [0.2, 0.25) is 5.91 Å². The number of hydrogen-bond donors (Lipinski definition) is 0. The summed E-state index contributed by atoms with van der Waals surface area (Å²) in [5, 5.41) is 0. The summed E-state index contributed by atoms with van der Waals surface area (Å²) in [6.07, 6.45) is 2.50. The van der Waals surface area contributed by atoms with Crippen molar-refractivity contribution < 1.29 is 17.9 Å². The Labute approximate surface area is 173 Å². The highest BCUT2D eigenvalue weighted by molar-refractivity contribution is 7.91. The molecule has 2 aromatic rings. The Balaban J connectivity index is 1.33. The zero-order valence-electron chi connectivity index (χ0n) is 16.7. The average Bonchev–Trinajstić information content (AvgIpc) is 2.75. The Morgan fingerprint density at radius 1 is 0.966 bits per heavy atom. The molecule has 6 heteroatoms. The summed E-state index contributed by atoms with van der Waals surface area (Å²) in [5.41, 5.74) is 1.17. The molecule has 1 heterocycles. The van der Waals surface area contributed by atoms with Crippen LogP contribution >= 0.6 is 0 Å². The molecule has 1 aliphatic heterocycles. The number of ether oxygens (including phenoxy) is 1. The molecule has 156 valence electrons. The number of carbonyl (C=O) groups is 1. The van der Waals surface area contributed by atoms with E-state index in [1.165, 1.54) is 5.56 Å². The molecule has 1 aliphatic rings. The molecule has 3 rings (SSSR count). The molecule has 0 saturated carbocycles. The molecule has 29 heavy (non-hydrogen) atoms. The standard InChI is InChI=1S/C23H29NO4S/c25-23(12-7-17-29(26,27)22-10-5-2-6-11-22)24-15-13-21(14-16-24)19-28-18-20-8-3-1-4-9-20/h1-6,8-11,21H,7,12-19H2. The molecule has 1 saturated heterocycles. The maximum Gasteiger partial charge on any atom is 0.222 e. The number of likely N-dealkylation sites (tertiary alicyclic amines) is 1. The van der Waals surface area contributed by atoms with Crippen LogP contribution in [0, 0.1) is 5.92 Å². The Morgan fingerprint density at radius 3 is 2.24 bits per heavy atom. The predicted molar refractivity (Wildman–Crippen MR) is 113 cm³/mol. The SMILES string of the molecule is O=C(CCCS(=O)(=O)c1ccccc1)N1CCC(COCc2ccccc2)CC1. The van der Waals surface area contributed by atoms with Gasteiger partial charge in [-0.25, -0.2) is 8.42 Å². The summed E-state index contributed by atoms with van der Waals surface area (Å²) in [7, 11) is -3.32. The van der Waals surface area contributed by atoms with Crippen molar-refractivity contribution in [3.05, 3.63) is 66.2 Å². The van der Waals surface area contributed by atoms with Gasteiger partial charge in [0.15, 0.2) is 9.84 Å². The van der Waals surface area contributed by atoms with Gasteiger partial charge < -0.3 is 9.64 Å². The highest BCUT2D eigenvalue weighted by Gasteiger charge is 2.23. The molecule has 0 spiro atoms. The molecular formula is C23H29NO4S. The Hall–Kier alpha value is -2.18. The van der Waals surface area contributed by atoms with Crippen LogP contribution in [0.15, 0.2) is 65.6 Å². The molecule has 0 unspecified atom stereocenters. The largest absolute Gasteiger partial charge is 0.376 e. The van der Waals surface area contributed by atoms with E-state index in [0.717, 1.165) is 25.9 Å². The highest BCUT2D eigenvalue weighted by Crippen LogP contribution is 2.19. The van der Waals surface area contributed by atoms with Gasteiger partial charge in [0.25, 0.3) is 0 Å². The summed E-state index contributed by atoms with van der Waals surface area (Å²) >= 11 is 0. The van der Waals surface area contributed by atoms with Crippen molar-refractivity contribution in [1.82, 2.24) is 4.90 Å². The summed E-state index contributed by atoms with van der Waals surface area (Å²) in [5.74, 6) is 0.533. The molecule has 2 aromatic carbocycles. The molecule has 5 nitrogen and oxygen atoms in total. The van der Waals surface area contributed by atoms with E-state index >= 15 is 0 Å². The van der Waals surface area contributed by atoms with Crippen LogP contribution in [0.5, 0.6) is 0 Å². The number of benzene rings is 2. The first kappa shape index (κ1) is 21.5. The Kier molecular flexibility index (Phi) is 7.83. The van der Waals surface area contributed by atoms with Crippen LogP contribution in [0.3, 0.4) is 0 Å². The van der Waals surface area contributed by atoms with E-state index in [9.17, 15) is 13.2 Å². The van der Waals surface area contributed by atoms with Gasteiger partial charge in [-0.05, 0) is 42.9 Å². The minimum Gasteiger partial charge on any atom is -0.376 e. The van der Waals surface area contributed by atoms with Crippen LogP contribution < -0.4 is 0 Å². The number of amides is 1. The van der Waals surface area contributed by atoms with E-state index in [2.05, 4.69) is 12.1 Å². The van der Waals surface area contributed by atoms with Crippen molar-refractivity contribution >= 4 is 15.7 Å². The maximum absolute atomic E-state index is 12.4. The fraction of sp³-hybridized carbons (Fsp3) is 0.435. The number of carbonyl (C=O) groups excluding carboxylic acids is 1. The number of piperidine rings is 1. The van der Waals surface area contributed by atoms with Gasteiger partial charge in [-0.15, -0.1) is 0 Å². The van der Waals surface area contributed by atoms with Gasteiger partial charge in [-0.3, -0.25) is 4.79 Å². The molecule has 0 aromatic heterocycles. The van der Waals surface area contributed by atoms with Crippen LogP contribution in [0.2, 0.25) is 0 Å². The Bertz CT molecular complexity index is 860. The quantitative estimate of drug-likeness (QED) is 0.627. The Morgan fingerprint density at radius 2 is 1.59 bits per heavy atom. The third-order valence-electron chi connectivity index (χ3n) is 5.34. The summed E-state index contributed by atoms with van der Waals surface area (Å²) in [4.78, 5) is 14.6. The first-order chi connectivity index (χ1) is 14.0. The molecule has 0 N–H and O–H groups in total. The van der Waals surface area contributed by atoms with Crippen molar-refractivity contribution in [2.24, 2.45) is 5.92 Å². The number of nitrogens with zero attached hydrogens (tertiary/aromatic N) is 1. The molecule has 1 fully saturated rings. The van der Waals surface area contributed by atoms with Gasteiger partial charge in [0.1, 0.15) is 0 Å². The maximum atomic E-state index is 12.4. The van der Waals surface area contributed by atoms with E-state index in [1.807, 2.05) is 23.1 Å². The van der Waals surface area contributed by atoms with Crippen molar-refractivity contribution in [2.45, 2.75) is 37.2 Å². The molecule has 0 bridgehead atoms.